The lowest BCUT2D eigenvalue weighted by atomic mass is 10.2. The SMILES string of the molecule is C=C(Cn1c(=O)[nH]/c(=N\c2ccc(OC(C)C)c(OC)c2)n(Cc2ccc(Cl)cc2)c1=O)C(=O)O. The Kier molecular flexibility index (Phi) is 7.98. The van der Waals surface area contributed by atoms with Gasteiger partial charge in [-0.15, -0.1) is 0 Å². The van der Waals surface area contributed by atoms with Gasteiger partial charge in [0.25, 0.3) is 0 Å². The van der Waals surface area contributed by atoms with Crippen LogP contribution < -0.4 is 26.5 Å². The van der Waals surface area contributed by atoms with Crippen LogP contribution in [0.1, 0.15) is 19.4 Å². The predicted octanol–water partition coefficient (Wildman–Crippen LogP) is 2.71. The van der Waals surface area contributed by atoms with Gasteiger partial charge in [-0.25, -0.2) is 23.9 Å². The molecule has 1 heterocycles. The Morgan fingerprint density at radius 1 is 1.14 bits per heavy atom. The summed E-state index contributed by atoms with van der Waals surface area (Å²) in [6.45, 7) is 6.73. The van der Waals surface area contributed by atoms with E-state index in [4.69, 9.17) is 26.2 Å². The van der Waals surface area contributed by atoms with Gasteiger partial charge in [-0.3, -0.25) is 9.55 Å². The number of H-pyrrole nitrogens is 1. The van der Waals surface area contributed by atoms with Gasteiger partial charge in [0.2, 0.25) is 5.62 Å². The topological polar surface area (TPSA) is 128 Å². The summed E-state index contributed by atoms with van der Waals surface area (Å²) in [5.41, 5.74) is -0.822. The lowest BCUT2D eigenvalue weighted by molar-refractivity contribution is -0.132. The molecular weight excluding hydrogens is 476 g/mol. The van der Waals surface area contributed by atoms with Gasteiger partial charge in [-0.1, -0.05) is 30.3 Å². The average molecular weight is 501 g/mol. The third-order valence-electron chi connectivity index (χ3n) is 4.83. The number of halogens is 1. The monoisotopic (exact) mass is 500 g/mol. The molecule has 0 fully saturated rings. The Balaban J connectivity index is 2.19. The highest BCUT2D eigenvalue weighted by Gasteiger charge is 2.14. The Labute approximate surface area is 205 Å². The van der Waals surface area contributed by atoms with Crippen LogP contribution in [-0.2, 0) is 17.9 Å². The Morgan fingerprint density at radius 2 is 1.83 bits per heavy atom. The molecule has 0 spiro atoms. The zero-order valence-electron chi connectivity index (χ0n) is 19.4. The number of carbonyl (C=O) groups is 1. The van der Waals surface area contributed by atoms with Crippen LogP contribution >= 0.6 is 11.6 Å². The molecule has 2 N–H and O–H groups in total. The first-order valence-electron chi connectivity index (χ1n) is 10.6. The van der Waals surface area contributed by atoms with Crippen LogP contribution in [0, 0.1) is 0 Å². The molecule has 0 aliphatic heterocycles. The van der Waals surface area contributed by atoms with Crippen molar-refractivity contribution in [2.45, 2.75) is 33.0 Å². The number of nitrogens with zero attached hydrogens (tertiary/aromatic N) is 3. The second-order valence-corrected chi connectivity index (χ2v) is 8.29. The smallest absolute Gasteiger partial charge is 0.335 e. The predicted molar refractivity (Wildman–Crippen MR) is 131 cm³/mol. The molecular formula is C24H25ClN4O6. The summed E-state index contributed by atoms with van der Waals surface area (Å²) in [6, 6.07) is 11.7. The van der Waals surface area contributed by atoms with E-state index in [1.165, 1.54) is 11.7 Å². The molecule has 0 saturated carbocycles. The minimum absolute atomic E-state index is 0.0354. The van der Waals surface area contributed by atoms with Gasteiger partial charge in [-0.2, -0.15) is 0 Å². The van der Waals surface area contributed by atoms with Gasteiger partial charge >= 0.3 is 17.3 Å². The van der Waals surface area contributed by atoms with Crippen molar-refractivity contribution in [3.05, 3.63) is 91.8 Å². The van der Waals surface area contributed by atoms with Crippen molar-refractivity contribution < 1.29 is 19.4 Å². The molecule has 11 heteroatoms. The number of carboxylic acid groups (broad SMARTS) is 1. The molecule has 0 atom stereocenters. The number of hydrogen-bond acceptors (Lipinski definition) is 6. The Morgan fingerprint density at radius 3 is 2.43 bits per heavy atom. The number of benzene rings is 2. The van der Waals surface area contributed by atoms with Gasteiger partial charge in [-0.05, 0) is 43.7 Å². The molecule has 0 aliphatic carbocycles. The van der Waals surface area contributed by atoms with E-state index in [0.717, 1.165) is 4.57 Å². The quantitative estimate of drug-likeness (QED) is 0.435. The summed E-state index contributed by atoms with van der Waals surface area (Å²) in [6.07, 6.45) is -0.0716. The van der Waals surface area contributed by atoms with E-state index < -0.39 is 23.9 Å². The first-order valence-corrected chi connectivity index (χ1v) is 11.0. The Hall–Kier alpha value is -4.05. The third-order valence-corrected chi connectivity index (χ3v) is 5.08. The van der Waals surface area contributed by atoms with E-state index in [1.807, 2.05) is 13.8 Å². The van der Waals surface area contributed by atoms with Crippen molar-refractivity contribution in [1.82, 2.24) is 14.1 Å². The molecule has 1 aromatic heterocycles. The number of methoxy groups -OCH3 is 1. The number of ether oxygens (including phenoxy) is 2. The highest BCUT2D eigenvalue weighted by molar-refractivity contribution is 6.30. The van der Waals surface area contributed by atoms with Crippen LogP contribution in [-0.4, -0.2) is 38.4 Å². The van der Waals surface area contributed by atoms with E-state index in [0.29, 0.717) is 27.8 Å². The molecule has 0 unspecified atom stereocenters. The van der Waals surface area contributed by atoms with Gasteiger partial charge < -0.3 is 14.6 Å². The number of aromatic nitrogens is 3. The van der Waals surface area contributed by atoms with E-state index in [2.05, 4.69) is 16.6 Å². The first kappa shape index (κ1) is 25.6. The van der Waals surface area contributed by atoms with Crippen LogP contribution in [0.3, 0.4) is 0 Å². The normalized spacial score (nSPS) is 11.5. The fourth-order valence-electron chi connectivity index (χ4n) is 3.15. The molecule has 184 valence electrons. The summed E-state index contributed by atoms with van der Waals surface area (Å²) in [5.74, 6) is -0.366. The molecule has 0 bridgehead atoms. The summed E-state index contributed by atoms with van der Waals surface area (Å²) in [7, 11) is 1.49. The van der Waals surface area contributed by atoms with Gasteiger partial charge in [0, 0.05) is 16.7 Å². The average Bonchev–Trinajstić information content (AvgIpc) is 2.80. The van der Waals surface area contributed by atoms with Crippen molar-refractivity contribution in [1.29, 1.82) is 0 Å². The standard InChI is InChI=1S/C24H25ClN4O6/c1-14(2)35-19-10-9-18(11-20(19)34-4)26-22-27-23(32)29(12-15(3)21(30)31)24(33)28(22)13-16-5-7-17(25)8-6-16/h5-11,14H,3,12-13H2,1-2,4H3,(H,30,31)(H,26,27,32). The molecule has 35 heavy (non-hydrogen) atoms. The van der Waals surface area contributed by atoms with E-state index in [-0.39, 0.29) is 23.8 Å². The maximum Gasteiger partial charge on any atom is 0.335 e. The lowest BCUT2D eigenvalue weighted by Crippen LogP contribution is -2.50. The summed E-state index contributed by atoms with van der Waals surface area (Å²) in [5, 5.41) is 9.67. The zero-order chi connectivity index (χ0) is 25.7. The number of nitrogens with one attached hydrogen (secondary N) is 1. The minimum Gasteiger partial charge on any atom is -0.493 e. The highest BCUT2D eigenvalue weighted by atomic mass is 35.5. The number of aromatic amines is 1. The van der Waals surface area contributed by atoms with Crippen LogP contribution in [0.25, 0.3) is 0 Å². The van der Waals surface area contributed by atoms with Gasteiger partial charge in [0.05, 0.1) is 32.0 Å². The van der Waals surface area contributed by atoms with Gasteiger partial charge in [0.1, 0.15) is 0 Å². The number of rotatable bonds is 9. The lowest BCUT2D eigenvalue weighted by Gasteiger charge is -2.14. The summed E-state index contributed by atoms with van der Waals surface area (Å²) < 4.78 is 13.1. The molecule has 0 saturated heterocycles. The van der Waals surface area contributed by atoms with Crippen molar-refractivity contribution in [2.24, 2.45) is 4.99 Å². The molecule has 2 aromatic carbocycles. The second-order valence-electron chi connectivity index (χ2n) is 7.86. The third kappa shape index (κ3) is 6.30. The van der Waals surface area contributed by atoms with E-state index in [1.54, 1.807) is 42.5 Å². The summed E-state index contributed by atoms with van der Waals surface area (Å²) in [4.78, 5) is 44.2. The van der Waals surface area contributed by atoms with E-state index >= 15 is 0 Å². The second kappa shape index (κ2) is 10.9. The molecule has 0 radical (unpaired) electrons. The van der Waals surface area contributed by atoms with Crippen LogP contribution in [0.4, 0.5) is 5.69 Å². The zero-order valence-corrected chi connectivity index (χ0v) is 20.2. The van der Waals surface area contributed by atoms with E-state index in [9.17, 15) is 14.4 Å². The maximum absolute atomic E-state index is 13.3. The van der Waals surface area contributed by atoms with Crippen molar-refractivity contribution in [3.63, 3.8) is 0 Å². The molecule has 3 rings (SSSR count). The Bertz CT molecular complexity index is 1430. The molecule has 0 amide bonds. The van der Waals surface area contributed by atoms with Crippen LogP contribution in [0.15, 0.2) is 69.2 Å². The largest absolute Gasteiger partial charge is 0.493 e. The minimum atomic E-state index is -1.31. The molecule has 3 aromatic rings. The van der Waals surface area contributed by atoms with Crippen molar-refractivity contribution in [2.75, 3.05) is 7.11 Å². The summed E-state index contributed by atoms with van der Waals surface area (Å²) >= 11 is 5.96. The van der Waals surface area contributed by atoms with Gasteiger partial charge in [0.15, 0.2) is 11.5 Å². The fraction of sp³-hybridized carbons (Fsp3) is 0.250. The van der Waals surface area contributed by atoms with Crippen molar-refractivity contribution in [3.8, 4) is 11.5 Å². The fourth-order valence-corrected chi connectivity index (χ4v) is 3.28. The highest BCUT2D eigenvalue weighted by Crippen LogP contribution is 2.31. The number of hydrogen-bond donors (Lipinski definition) is 2. The van der Waals surface area contributed by atoms with Crippen LogP contribution in [0.2, 0.25) is 5.02 Å². The van der Waals surface area contributed by atoms with Crippen LogP contribution in [0.5, 0.6) is 11.5 Å². The number of aliphatic carboxylic acids is 1. The first-order chi connectivity index (χ1) is 16.6. The maximum atomic E-state index is 13.3. The molecule has 0 aliphatic rings. The van der Waals surface area contributed by atoms with Crippen molar-refractivity contribution >= 4 is 23.3 Å². The number of carboxylic acids is 1. The molecule has 10 nitrogen and oxygen atoms in total.